The van der Waals surface area contributed by atoms with Gasteiger partial charge in [-0.15, -0.1) is 0 Å². The minimum Gasteiger partial charge on any atom is -0.496 e. The van der Waals surface area contributed by atoms with Gasteiger partial charge in [-0.05, 0) is 36.6 Å². The number of carboxylic acids is 1. The molecule has 1 aliphatic rings. The smallest absolute Gasteiger partial charge is 0.304 e. The van der Waals surface area contributed by atoms with Gasteiger partial charge in [-0.1, -0.05) is 42.5 Å². The molecule has 0 amide bonds. The number of nitrogens with one attached hydrogen (secondary N) is 1. The van der Waals surface area contributed by atoms with Gasteiger partial charge < -0.3 is 19.9 Å². The van der Waals surface area contributed by atoms with Gasteiger partial charge >= 0.3 is 5.97 Å². The normalized spacial score (nSPS) is 14.6. The van der Waals surface area contributed by atoms with Crippen LogP contribution in [0.2, 0.25) is 0 Å². The molecule has 3 aromatic rings. The largest absolute Gasteiger partial charge is 0.496 e. The van der Waals surface area contributed by atoms with Gasteiger partial charge in [0.05, 0.1) is 20.1 Å². The van der Waals surface area contributed by atoms with Crippen LogP contribution in [0.3, 0.4) is 0 Å². The number of carboxylic acid groups (broad SMARTS) is 1. The summed E-state index contributed by atoms with van der Waals surface area (Å²) in [4.78, 5) is 11.0. The van der Waals surface area contributed by atoms with Crippen LogP contribution in [0, 0.1) is 13.8 Å². The van der Waals surface area contributed by atoms with E-state index >= 15 is 0 Å². The molecule has 0 bridgehead atoms. The van der Waals surface area contributed by atoms with E-state index in [2.05, 4.69) is 55.6 Å². The van der Waals surface area contributed by atoms with E-state index in [1.54, 1.807) is 7.11 Å². The molecule has 1 atom stereocenters. The van der Waals surface area contributed by atoms with Crippen LogP contribution in [0.15, 0.2) is 54.6 Å². The Balaban J connectivity index is 1.57. The van der Waals surface area contributed by atoms with Crippen molar-refractivity contribution in [2.45, 2.75) is 32.7 Å². The van der Waals surface area contributed by atoms with Crippen molar-refractivity contribution in [3.63, 3.8) is 0 Å². The number of rotatable bonds is 7. The topological polar surface area (TPSA) is 67.8 Å². The Morgan fingerprint density at radius 1 is 1.13 bits per heavy atom. The number of hydrogen-bond acceptors (Lipinski definition) is 4. The molecule has 0 aliphatic carbocycles. The van der Waals surface area contributed by atoms with E-state index in [4.69, 9.17) is 14.6 Å². The van der Waals surface area contributed by atoms with Crippen LogP contribution in [-0.4, -0.2) is 24.8 Å². The summed E-state index contributed by atoms with van der Waals surface area (Å²) in [6.07, 6.45) is 0.0854. The molecule has 0 fully saturated rings. The van der Waals surface area contributed by atoms with Crippen molar-refractivity contribution in [2.24, 2.45) is 0 Å². The predicted molar refractivity (Wildman–Crippen MR) is 122 cm³/mol. The quantitative estimate of drug-likeness (QED) is 0.528. The van der Waals surface area contributed by atoms with Crippen LogP contribution in [-0.2, 0) is 11.3 Å². The SMILES string of the molecule is COc1c(CNc2ccc3c(c2)OCC3CC(=O)O)cccc1-c1c(C)cccc1C. The van der Waals surface area contributed by atoms with Crippen molar-refractivity contribution < 1.29 is 19.4 Å². The summed E-state index contributed by atoms with van der Waals surface area (Å²) in [6.45, 7) is 5.25. The molecule has 3 aromatic carbocycles. The number of para-hydroxylation sites is 1. The maximum absolute atomic E-state index is 11.0. The second kappa shape index (κ2) is 8.72. The number of aryl methyl sites for hydroxylation is 2. The Kier molecular flexibility index (Phi) is 5.85. The molecule has 0 spiro atoms. The third-order valence-electron chi connectivity index (χ3n) is 5.85. The van der Waals surface area contributed by atoms with Crippen LogP contribution in [0.25, 0.3) is 11.1 Å². The third kappa shape index (κ3) is 4.22. The van der Waals surface area contributed by atoms with Crippen molar-refractivity contribution in [3.05, 3.63) is 76.9 Å². The van der Waals surface area contributed by atoms with E-state index in [0.29, 0.717) is 13.2 Å². The number of aliphatic carboxylic acids is 1. The Morgan fingerprint density at radius 2 is 1.87 bits per heavy atom. The Labute approximate surface area is 182 Å². The Hall–Kier alpha value is -3.47. The lowest BCUT2D eigenvalue weighted by Crippen LogP contribution is -2.07. The lowest BCUT2D eigenvalue weighted by molar-refractivity contribution is -0.137. The van der Waals surface area contributed by atoms with Crippen molar-refractivity contribution in [1.82, 2.24) is 0 Å². The molecular weight excluding hydrogens is 390 g/mol. The highest BCUT2D eigenvalue weighted by Gasteiger charge is 2.26. The summed E-state index contributed by atoms with van der Waals surface area (Å²) < 4.78 is 11.6. The highest BCUT2D eigenvalue weighted by Crippen LogP contribution is 2.39. The maximum Gasteiger partial charge on any atom is 0.304 e. The first kappa shape index (κ1) is 20.8. The zero-order valence-electron chi connectivity index (χ0n) is 18.1. The molecule has 160 valence electrons. The molecular formula is C26H27NO4. The second-order valence-electron chi connectivity index (χ2n) is 7.98. The summed E-state index contributed by atoms with van der Waals surface area (Å²) in [5, 5.41) is 12.5. The van der Waals surface area contributed by atoms with Crippen LogP contribution in [0.4, 0.5) is 5.69 Å². The predicted octanol–water partition coefficient (Wildman–Crippen LogP) is 5.54. The molecule has 5 nitrogen and oxygen atoms in total. The van der Waals surface area contributed by atoms with Crippen LogP contribution in [0.1, 0.15) is 34.6 Å². The fourth-order valence-corrected chi connectivity index (χ4v) is 4.36. The van der Waals surface area contributed by atoms with E-state index in [9.17, 15) is 4.79 Å². The molecule has 0 saturated carbocycles. The monoisotopic (exact) mass is 417 g/mol. The zero-order chi connectivity index (χ0) is 22.0. The van der Waals surface area contributed by atoms with Crippen LogP contribution < -0.4 is 14.8 Å². The number of benzene rings is 3. The van der Waals surface area contributed by atoms with E-state index in [1.165, 1.54) is 16.7 Å². The van der Waals surface area contributed by atoms with E-state index in [0.717, 1.165) is 33.9 Å². The third-order valence-corrected chi connectivity index (χ3v) is 5.85. The van der Waals surface area contributed by atoms with Crippen molar-refractivity contribution in [1.29, 1.82) is 0 Å². The summed E-state index contributed by atoms with van der Waals surface area (Å²) in [6, 6.07) is 18.4. The van der Waals surface area contributed by atoms with Crippen LogP contribution in [0.5, 0.6) is 11.5 Å². The van der Waals surface area contributed by atoms with E-state index < -0.39 is 5.97 Å². The van der Waals surface area contributed by atoms with Gasteiger partial charge in [0.1, 0.15) is 11.5 Å². The Morgan fingerprint density at radius 3 is 2.58 bits per heavy atom. The standard InChI is InChI=1S/C26H27NO4/c1-16-6-4-7-17(2)25(16)22-9-5-8-18(26(22)30-3)14-27-20-10-11-21-19(12-24(28)29)15-31-23(21)13-20/h4-11,13,19,27H,12,14-15H2,1-3H3,(H,28,29). The zero-order valence-corrected chi connectivity index (χ0v) is 18.1. The summed E-state index contributed by atoms with van der Waals surface area (Å²) in [7, 11) is 1.71. The lowest BCUT2D eigenvalue weighted by atomic mass is 9.93. The van der Waals surface area contributed by atoms with Gasteiger partial charge in [0.2, 0.25) is 0 Å². The minimum atomic E-state index is -0.806. The molecule has 0 radical (unpaired) electrons. The molecule has 1 aliphatic heterocycles. The van der Waals surface area contributed by atoms with E-state index in [1.807, 2.05) is 18.2 Å². The summed E-state index contributed by atoms with van der Waals surface area (Å²) >= 11 is 0. The van der Waals surface area contributed by atoms with Gasteiger partial charge in [-0.3, -0.25) is 4.79 Å². The molecule has 1 unspecified atom stereocenters. The highest BCUT2D eigenvalue weighted by atomic mass is 16.5. The molecule has 4 rings (SSSR count). The lowest BCUT2D eigenvalue weighted by Gasteiger charge is -2.18. The first-order chi connectivity index (χ1) is 15.0. The van der Waals surface area contributed by atoms with Gasteiger partial charge in [-0.25, -0.2) is 0 Å². The molecule has 1 heterocycles. The van der Waals surface area contributed by atoms with Gasteiger partial charge in [0.25, 0.3) is 0 Å². The molecule has 2 N–H and O–H groups in total. The number of methoxy groups -OCH3 is 1. The maximum atomic E-state index is 11.0. The molecule has 5 heteroatoms. The molecule has 0 aromatic heterocycles. The van der Waals surface area contributed by atoms with Gasteiger partial charge in [-0.2, -0.15) is 0 Å². The second-order valence-corrected chi connectivity index (χ2v) is 7.98. The van der Waals surface area contributed by atoms with Crippen LogP contribution >= 0.6 is 0 Å². The number of ether oxygens (including phenoxy) is 2. The fraction of sp³-hybridized carbons (Fsp3) is 0.269. The van der Waals surface area contributed by atoms with Gasteiger partial charge in [0, 0.05) is 40.9 Å². The molecule has 0 saturated heterocycles. The van der Waals surface area contributed by atoms with Crippen molar-refractivity contribution in [2.75, 3.05) is 19.0 Å². The number of hydrogen-bond donors (Lipinski definition) is 2. The summed E-state index contributed by atoms with van der Waals surface area (Å²) in [5.41, 5.74) is 7.68. The highest BCUT2D eigenvalue weighted by molar-refractivity contribution is 5.77. The number of carbonyl (C=O) groups is 1. The minimum absolute atomic E-state index is 0.0854. The van der Waals surface area contributed by atoms with E-state index in [-0.39, 0.29) is 12.3 Å². The molecule has 31 heavy (non-hydrogen) atoms. The number of fused-ring (bicyclic) bond motifs is 1. The Bertz CT molecular complexity index is 1100. The van der Waals surface area contributed by atoms with Crippen molar-refractivity contribution in [3.8, 4) is 22.6 Å². The van der Waals surface area contributed by atoms with Gasteiger partial charge in [0.15, 0.2) is 0 Å². The first-order valence-corrected chi connectivity index (χ1v) is 10.4. The number of anilines is 1. The average molecular weight is 418 g/mol. The first-order valence-electron chi connectivity index (χ1n) is 10.4. The van der Waals surface area contributed by atoms with Crippen molar-refractivity contribution >= 4 is 11.7 Å². The summed E-state index contributed by atoms with van der Waals surface area (Å²) in [5.74, 6) is 0.731. The average Bonchev–Trinajstić information content (AvgIpc) is 3.13. The fourth-order valence-electron chi connectivity index (χ4n) is 4.36.